The molecule has 2 fully saturated rings. The third kappa shape index (κ3) is 4.50. The molecule has 0 radical (unpaired) electrons. The number of fused-ring (bicyclic) bond motifs is 1. The predicted octanol–water partition coefficient (Wildman–Crippen LogP) is 1.29. The topological polar surface area (TPSA) is 118 Å². The van der Waals surface area contributed by atoms with Gasteiger partial charge in [0.25, 0.3) is 0 Å². The van der Waals surface area contributed by atoms with Crippen molar-refractivity contribution in [2.24, 2.45) is 0 Å². The van der Waals surface area contributed by atoms with Crippen LogP contribution in [0, 0.1) is 0 Å². The Balaban J connectivity index is 1.93. The van der Waals surface area contributed by atoms with Crippen molar-refractivity contribution in [2.45, 2.75) is 63.6 Å². The molecule has 3 rings (SSSR count). The standard InChI is InChI=1S/C20H25N3O7/c1-6-8-12(27-14(25)7-2)15-16-17(30-20(4,5)29-16)18(28-15)23-10-9-13(21-11(3)24)22-19(23)26/h6-7,9-10,12,15-18H,1-2,8H2,3-5H3,(H,21,22,24,26)/t12-,15-,16-,17-,18-/m1/s1. The average Bonchev–Trinajstić information content (AvgIpc) is 3.14. The molecule has 5 atom stereocenters. The molecule has 0 bridgehead atoms. The number of esters is 1. The highest BCUT2D eigenvalue weighted by molar-refractivity contribution is 5.87. The van der Waals surface area contributed by atoms with Crippen LogP contribution in [0.3, 0.4) is 0 Å². The number of nitrogens with zero attached hydrogens (tertiary/aromatic N) is 2. The van der Waals surface area contributed by atoms with Crippen molar-refractivity contribution < 1.29 is 28.5 Å². The van der Waals surface area contributed by atoms with Crippen LogP contribution in [0.25, 0.3) is 0 Å². The number of carbonyl (C=O) groups is 2. The summed E-state index contributed by atoms with van der Waals surface area (Å²) in [6.45, 7) is 11.9. The van der Waals surface area contributed by atoms with Crippen LogP contribution < -0.4 is 11.0 Å². The zero-order valence-corrected chi connectivity index (χ0v) is 17.1. The molecule has 0 unspecified atom stereocenters. The van der Waals surface area contributed by atoms with E-state index in [-0.39, 0.29) is 11.7 Å². The van der Waals surface area contributed by atoms with Crippen molar-refractivity contribution in [3.8, 4) is 0 Å². The number of rotatable bonds is 7. The molecule has 162 valence electrons. The van der Waals surface area contributed by atoms with E-state index in [2.05, 4.69) is 23.5 Å². The maximum atomic E-state index is 12.6. The normalized spacial score (nSPS) is 27.7. The molecule has 0 spiro atoms. The molecule has 0 aromatic carbocycles. The van der Waals surface area contributed by atoms with Crippen LogP contribution in [0.15, 0.2) is 42.4 Å². The second-order valence-corrected chi connectivity index (χ2v) is 7.44. The Kier molecular flexibility index (Phi) is 6.20. The van der Waals surface area contributed by atoms with E-state index < -0.39 is 48.1 Å². The van der Waals surface area contributed by atoms with Gasteiger partial charge in [0.1, 0.15) is 30.2 Å². The quantitative estimate of drug-likeness (QED) is 0.399. The molecular weight excluding hydrogens is 394 g/mol. The Morgan fingerprint density at radius 2 is 2.07 bits per heavy atom. The van der Waals surface area contributed by atoms with Crippen molar-refractivity contribution in [1.82, 2.24) is 9.55 Å². The summed E-state index contributed by atoms with van der Waals surface area (Å²) < 4.78 is 24.8. The van der Waals surface area contributed by atoms with Crippen molar-refractivity contribution in [2.75, 3.05) is 5.32 Å². The molecule has 0 saturated carbocycles. The summed E-state index contributed by atoms with van der Waals surface area (Å²) in [6, 6.07) is 1.48. The summed E-state index contributed by atoms with van der Waals surface area (Å²) in [4.78, 5) is 39.5. The molecule has 0 aliphatic carbocycles. The summed E-state index contributed by atoms with van der Waals surface area (Å²) in [5.74, 6) is -1.75. The first kappa shape index (κ1) is 21.9. The summed E-state index contributed by atoms with van der Waals surface area (Å²) in [6.07, 6.45) is 0.865. The maximum Gasteiger partial charge on any atom is 0.351 e. The van der Waals surface area contributed by atoms with Crippen LogP contribution >= 0.6 is 0 Å². The SMILES string of the molecule is C=CC[C@@H](OC(=O)C=C)[C@H]1O[C@@H](n2ccc(NC(C)=O)nc2=O)[C@@H]2OC(C)(C)O[C@@H]21. The number of carbonyl (C=O) groups excluding carboxylic acids is 2. The highest BCUT2D eigenvalue weighted by Gasteiger charge is 2.58. The Morgan fingerprint density at radius 3 is 2.67 bits per heavy atom. The van der Waals surface area contributed by atoms with E-state index >= 15 is 0 Å². The Bertz CT molecular complexity index is 910. The van der Waals surface area contributed by atoms with Gasteiger partial charge in [-0.2, -0.15) is 4.98 Å². The van der Waals surface area contributed by atoms with E-state index in [0.29, 0.717) is 6.42 Å². The van der Waals surface area contributed by atoms with E-state index in [0.717, 1.165) is 6.08 Å². The highest BCUT2D eigenvalue weighted by Crippen LogP contribution is 2.44. The number of hydrogen-bond donors (Lipinski definition) is 1. The lowest BCUT2D eigenvalue weighted by atomic mass is 10.0. The van der Waals surface area contributed by atoms with Gasteiger partial charge in [-0.3, -0.25) is 9.36 Å². The van der Waals surface area contributed by atoms with Crippen LogP contribution in [-0.2, 0) is 28.5 Å². The largest absolute Gasteiger partial charge is 0.456 e. The number of ether oxygens (including phenoxy) is 4. The van der Waals surface area contributed by atoms with Gasteiger partial charge in [-0.25, -0.2) is 9.59 Å². The van der Waals surface area contributed by atoms with Crippen molar-refractivity contribution in [1.29, 1.82) is 0 Å². The number of hydrogen-bond acceptors (Lipinski definition) is 8. The zero-order chi connectivity index (χ0) is 22.1. The summed E-state index contributed by atoms with van der Waals surface area (Å²) in [5, 5.41) is 2.46. The summed E-state index contributed by atoms with van der Waals surface area (Å²) >= 11 is 0. The number of nitrogens with one attached hydrogen (secondary N) is 1. The van der Waals surface area contributed by atoms with E-state index in [1.54, 1.807) is 19.9 Å². The van der Waals surface area contributed by atoms with Crippen LogP contribution in [-0.4, -0.2) is 51.6 Å². The maximum absolute atomic E-state index is 12.6. The zero-order valence-electron chi connectivity index (χ0n) is 17.1. The van der Waals surface area contributed by atoms with Gasteiger partial charge >= 0.3 is 11.7 Å². The molecule has 10 nitrogen and oxygen atoms in total. The highest BCUT2D eigenvalue weighted by atomic mass is 16.8. The number of aromatic nitrogens is 2. The third-order valence-corrected chi connectivity index (χ3v) is 4.67. The lowest BCUT2D eigenvalue weighted by molar-refractivity contribution is -0.210. The van der Waals surface area contributed by atoms with Crippen molar-refractivity contribution in [3.63, 3.8) is 0 Å². The van der Waals surface area contributed by atoms with Crippen LogP contribution in [0.5, 0.6) is 0 Å². The Labute approximate surface area is 173 Å². The van der Waals surface area contributed by atoms with Gasteiger partial charge in [-0.05, 0) is 19.9 Å². The summed E-state index contributed by atoms with van der Waals surface area (Å²) in [7, 11) is 0. The molecule has 2 aliphatic heterocycles. The first-order valence-corrected chi connectivity index (χ1v) is 9.47. The van der Waals surface area contributed by atoms with Gasteiger partial charge < -0.3 is 24.3 Å². The monoisotopic (exact) mass is 419 g/mol. The van der Waals surface area contributed by atoms with Crippen LogP contribution in [0.4, 0.5) is 5.82 Å². The minimum absolute atomic E-state index is 0.128. The molecule has 1 aromatic rings. The van der Waals surface area contributed by atoms with Crippen LogP contribution in [0.2, 0.25) is 0 Å². The Morgan fingerprint density at radius 1 is 1.37 bits per heavy atom. The molecule has 1 aromatic heterocycles. The fraction of sp³-hybridized carbons (Fsp3) is 0.500. The van der Waals surface area contributed by atoms with Crippen LogP contribution in [0.1, 0.15) is 33.4 Å². The molecule has 10 heteroatoms. The Hall–Kier alpha value is -2.82. The van der Waals surface area contributed by atoms with Gasteiger partial charge in [-0.1, -0.05) is 12.7 Å². The molecule has 3 heterocycles. The first-order chi connectivity index (χ1) is 14.1. The second kappa shape index (κ2) is 8.50. The molecule has 2 aliphatic rings. The smallest absolute Gasteiger partial charge is 0.351 e. The lowest BCUT2D eigenvalue weighted by Gasteiger charge is -2.28. The number of anilines is 1. The second-order valence-electron chi connectivity index (χ2n) is 7.44. The minimum atomic E-state index is -0.927. The predicted molar refractivity (Wildman–Crippen MR) is 105 cm³/mol. The van der Waals surface area contributed by atoms with E-state index in [9.17, 15) is 14.4 Å². The van der Waals surface area contributed by atoms with E-state index in [4.69, 9.17) is 18.9 Å². The van der Waals surface area contributed by atoms with Gasteiger partial charge in [0.05, 0.1) is 0 Å². The van der Waals surface area contributed by atoms with E-state index in [1.807, 2.05) is 0 Å². The first-order valence-electron chi connectivity index (χ1n) is 9.47. The molecular formula is C20H25N3O7. The molecule has 1 N–H and O–H groups in total. The summed E-state index contributed by atoms with van der Waals surface area (Å²) in [5.41, 5.74) is -0.637. The van der Waals surface area contributed by atoms with E-state index in [1.165, 1.54) is 23.8 Å². The van der Waals surface area contributed by atoms with Crippen molar-refractivity contribution >= 4 is 17.7 Å². The fourth-order valence-electron chi connectivity index (χ4n) is 3.60. The van der Waals surface area contributed by atoms with Gasteiger partial charge in [0.2, 0.25) is 5.91 Å². The number of amides is 1. The molecule has 2 saturated heterocycles. The minimum Gasteiger partial charge on any atom is -0.456 e. The van der Waals surface area contributed by atoms with Gasteiger partial charge in [-0.15, -0.1) is 6.58 Å². The molecule has 30 heavy (non-hydrogen) atoms. The van der Waals surface area contributed by atoms with Gasteiger partial charge in [0, 0.05) is 25.6 Å². The van der Waals surface area contributed by atoms with Gasteiger partial charge in [0.15, 0.2) is 12.0 Å². The fourth-order valence-corrected chi connectivity index (χ4v) is 3.60. The van der Waals surface area contributed by atoms with Crippen molar-refractivity contribution in [3.05, 3.63) is 48.1 Å². The average molecular weight is 419 g/mol. The lowest BCUT2D eigenvalue weighted by Crippen LogP contribution is -2.40. The third-order valence-electron chi connectivity index (χ3n) is 4.67. The molecule has 1 amide bonds.